The topological polar surface area (TPSA) is 72.0 Å². The van der Waals surface area contributed by atoms with Crippen molar-refractivity contribution in [2.75, 3.05) is 20.1 Å². The quantitative estimate of drug-likeness (QED) is 0.668. The number of carbonyl (C=O) groups excluding carboxylic acids is 1. The fraction of sp³-hybridized carbons (Fsp3) is 0.182. The summed E-state index contributed by atoms with van der Waals surface area (Å²) in [5.74, 6) is -0.0268. The number of hydrogen-bond acceptors (Lipinski definition) is 3. The second-order valence-corrected chi connectivity index (χ2v) is 6.70. The fourth-order valence-corrected chi connectivity index (χ4v) is 3.65. The molecule has 0 bridgehead atoms. The summed E-state index contributed by atoms with van der Waals surface area (Å²) in [4.78, 5) is 17.8. The first-order valence-electron chi connectivity index (χ1n) is 9.08. The normalized spacial score (nSPS) is 16.5. The predicted octanol–water partition coefficient (Wildman–Crippen LogP) is 3.66. The van der Waals surface area contributed by atoms with Crippen molar-refractivity contribution >= 4 is 28.2 Å². The molecular weight excluding hydrogens is 336 g/mol. The Morgan fingerprint density at radius 3 is 2.67 bits per heavy atom. The molecule has 4 rings (SSSR count). The second-order valence-electron chi connectivity index (χ2n) is 6.70. The van der Waals surface area contributed by atoms with Crippen molar-refractivity contribution < 1.29 is 4.79 Å². The highest BCUT2D eigenvalue weighted by Gasteiger charge is 2.26. The van der Waals surface area contributed by atoms with Crippen LogP contribution in [-0.2, 0) is 0 Å². The molecule has 1 aliphatic heterocycles. The monoisotopic (exact) mass is 358 g/mol. The van der Waals surface area contributed by atoms with Crippen molar-refractivity contribution in [1.29, 1.82) is 5.41 Å². The zero-order valence-corrected chi connectivity index (χ0v) is 15.3. The number of H-pyrrole nitrogens is 1. The van der Waals surface area contributed by atoms with Gasteiger partial charge in [-0.05, 0) is 35.6 Å². The van der Waals surface area contributed by atoms with E-state index in [-0.39, 0.29) is 5.91 Å². The van der Waals surface area contributed by atoms with Crippen LogP contribution in [0.25, 0.3) is 16.6 Å². The molecule has 1 amide bonds. The van der Waals surface area contributed by atoms with Gasteiger partial charge in [0.25, 0.3) is 5.91 Å². The molecule has 2 heterocycles. The van der Waals surface area contributed by atoms with Crippen LogP contribution in [0.5, 0.6) is 0 Å². The molecule has 27 heavy (non-hydrogen) atoms. The molecule has 0 aliphatic carbocycles. The molecule has 5 heteroatoms. The molecule has 5 nitrogen and oxygen atoms in total. The first kappa shape index (κ1) is 17.1. The number of amides is 1. The lowest BCUT2D eigenvalue weighted by atomic mass is 9.95. The third kappa shape index (κ3) is 3.24. The van der Waals surface area contributed by atoms with Crippen LogP contribution in [0.1, 0.15) is 22.3 Å². The van der Waals surface area contributed by atoms with Crippen molar-refractivity contribution in [3.8, 4) is 0 Å². The van der Waals surface area contributed by atoms with E-state index in [9.17, 15) is 4.79 Å². The zero-order chi connectivity index (χ0) is 18.8. The van der Waals surface area contributed by atoms with Gasteiger partial charge in [0.15, 0.2) is 0 Å². The van der Waals surface area contributed by atoms with Crippen LogP contribution in [0.4, 0.5) is 0 Å². The van der Waals surface area contributed by atoms with E-state index < -0.39 is 0 Å². The molecule has 0 radical (unpaired) electrons. The summed E-state index contributed by atoms with van der Waals surface area (Å²) in [5, 5.41) is 12.9. The number of piperidine rings is 1. The Morgan fingerprint density at radius 2 is 1.93 bits per heavy atom. The molecule has 0 spiro atoms. The van der Waals surface area contributed by atoms with Gasteiger partial charge in [0.1, 0.15) is 0 Å². The number of nitrogens with one attached hydrogen (secondary N) is 3. The van der Waals surface area contributed by atoms with E-state index in [2.05, 4.69) is 10.3 Å². The van der Waals surface area contributed by atoms with Crippen molar-refractivity contribution in [1.82, 2.24) is 15.2 Å². The van der Waals surface area contributed by atoms with E-state index in [1.165, 1.54) is 0 Å². The Balaban J connectivity index is 1.56. The molecule has 3 N–H and O–H groups in total. The van der Waals surface area contributed by atoms with Crippen LogP contribution < -0.4 is 5.32 Å². The highest BCUT2D eigenvalue weighted by Crippen LogP contribution is 2.24. The number of likely N-dealkylation sites (tertiary alicyclic amines) is 1. The maximum atomic E-state index is 12.9. The van der Waals surface area contributed by atoms with Gasteiger partial charge in [-0.25, -0.2) is 0 Å². The van der Waals surface area contributed by atoms with E-state index in [0.717, 1.165) is 27.7 Å². The lowest BCUT2D eigenvalue weighted by Crippen LogP contribution is -2.41. The van der Waals surface area contributed by atoms with Gasteiger partial charge in [0, 0.05) is 42.1 Å². The van der Waals surface area contributed by atoms with Gasteiger partial charge >= 0.3 is 0 Å². The average molecular weight is 358 g/mol. The first-order chi connectivity index (χ1) is 13.2. The summed E-state index contributed by atoms with van der Waals surface area (Å²) in [7, 11) is 1.88. The maximum Gasteiger partial charge on any atom is 0.254 e. The minimum Gasteiger partial charge on any atom is -0.387 e. The molecule has 3 aromatic rings. The Kier molecular flexibility index (Phi) is 4.50. The van der Waals surface area contributed by atoms with E-state index in [0.29, 0.717) is 30.8 Å². The SMILES string of the molecule is CN/C(=C1/CCN(C(=O)c2ccc3cc[nH]c3c2)CC1=N)c1ccccc1. The summed E-state index contributed by atoms with van der Waals surface area (Å²) in [5.41, 5.74) is 5.12. The summed E-state index contributed by atoms with van der Waals surface area (Å²) in [6.45, 7) is 0.937. The largest absolute Gasteiger partial charge is 0.387 e. The minimum absolute atomic E-state index is 0.0268. The second kappa shape index (κ2) is 7.11. The summed E-state index contributed by atoms with van der Waals surface area (Å²) < 4.78 is 0. The van der Waals surface area contributed by atoms with Crippen molar-refractivity contribution in [2.45, 2.75) is 6.42 Å². The highest BCUT2D eigenvalue weighted by atomic mass is 16.2. The molecule has 0 saturated carbocycles. The van der Waals surface area contributed by atoms with Crippen LogP contribution in [-0.4, -0.2) is 41.6 Å². The van der Waals surface area contributed by atoms with Crippen LogP contribution in [0.2, 0.25) is 0 Å². The summed E-state index contributed by atoms with van der Waals surface area (Å²) in [6.07, 6.45) is 2.54. The number of nitrogens with zero attached hydrogens (tertiary/aromatic N) is 1. The van der Waals surface area contributed by atoms with Crippen molar-refractivity contribution in [3.05, 3.63) is 77.5 Å². The molecule has 1 saturated heterocycles. The smallest absolute Gasteiger partial charge is 0.254 e. The van der Waals surface area contributed by atoms with Crippen LogP contribution in [0.3, 0.4) is 0 Å². The van der Waals surface area contributed by atoms with Gasteiger partial charge in [-0.3, -0.25) is 4.79 Å². The van der Waals surface area contributed by atoms with E-state index in [1.54, 1.807) is 4.90 Å². The van der Waals surface area contributed by atoms with E-state index >= 15 is 0 Å². The molecule has 0 unspecified atom stereocenters. The number of aromatic amines is 1. The number of benzene rings is 2. The van der Waals surface area contributed by atoms with Gasteiger partial charge in [-0.15, -0.1) is 0 Å². The lowest BCUT2D eigenvalue weighted by Gasteiger charge is -2.30. The molecular formula is C22H22N4O. The Hall–Kier alpha value is -3.34. The number of rotatable bonds is 3. The van der Waals surface area contributed by atoms with E-state index in [4.69, 9.17) is 5.41 Å². The molecule has 0 atom stereocenters. The third-order valence-electron chi connectivity index (χ3n) is 5.05. The first-order valence-corrected chi connectivity index (χ1v) is 9.08. The number of hydrogen-bond donors (Lipinski definition) is 3. The van der Waals surface area contributed by atoms with Gasteiger partial charge in [0.05, 0.1) is 12.3 Å². The Labute approximate surface area is 158 Å². The van der Waals surface area contributed by atoms with Gasteiger partial charge in [0.2, 0.25) is 0 Å². The Bertz CT molecular complexity index is 1030. The molecule has 136 valence electrons. The van der Waals surface area contributed by atoms with Crippen LogP contribution in [0.15, 0.2) is 66.4 Å². The third-order valence-corrected chi connectivity index (χ3v) is 5.05. The maximum absolute atomic E-state index is 12.9. The highest BCUT2D eigenvalue weighted by molar-refractivity contribution is 6.09. The van der Waals surface area contributed by atoms with Gasteiger partial charge in [-0.1, -0.05) is 36.4 Å². The summed E-state index contributed by atoms with van der Waals surface area (Å²) >= 11 is 0. The molecule has 1 aliphatic rings. The molecule has 2 aromatic carbocycles. The molecule has 1 fully saturated rings. The van der Waals surface area contributed by atoms with Gasteiger partial charge in [-0.2, -0.15) is 0 Å². The lowest BCUT2D eigenvalue weighted by molar-refractivity contribution is 0.0776. The standard InChI is InChI=1S/C22H22N4O/c1-24-21(16-5-3-2-4-6-16)18-10-12-26(14-19(18)23)22(27)17-8-7-15-9-11-25-20(15)13-17/h2-9,11,13,23-25H,10,12,14H2,1H3/b21-18-,23-19?. The molecule has 1 aromatic heterocycles. The summed E-state index contributed by atoms with van der Waals surface area (Å²) in [6, 6.07) is 17.7. The van der Waals surface area contributed by atoms with Crippen LogP contribution in [0, 0.1) is 5.41 Å². The van der Waals surface area contributed by atoms with E-state index in [1.807, 2.05) is 67.8 Å². The number of fused-ring (bicyclic) bond motifs is 1. The Morgan fingerprint density at radius 1 is 1.11 bits per heavy atom. The number of aromatic nitrogens is 1. The average Bonchev–Trinajstić information content (AvgIpc) is 3.18. The zero-order valence-electron chi connectivity index (χ0n) is 15.3. The van der Waals surface area contributed by atoms with Crippen molar-refractivity contribution in [3.63, 3.8) is 0 Å². The predicted molar refractivity (Wildman–Crippen MR) is 109 cm³/mol. The van der Waals surface area contributed by atoms with Gasteiger partial charge < -0.3 is 20.6 Å². The van der Waals surface area contributed by atoms with Crippen LogP contribution >= 0.6 is 0 Å². The fourth-order valence-electron chi connectivity index (χ4n) is 3.65. The van der Waals surface area contributed by atoms with Crippen molar-refractivity contribution in [2.24, 2.45) is 0 Å². The number of carbonyl (C=O) groups is 1. The minimum atomic E-state index is -0.0268.